The lowest BCUT2D eigenvalue weighted by Gasteiger charge is -2.11. The molecule has 2 heterocycles. The number of nitrogens with zero attached hydrogens (tertiary/aromatic N) is 1. The van der Waals surface area contributed by atoms with E-state index in [1.165, 1.54) is 0 Å². The van der Waals surface area contributed by atoms with Crippen LogP contribution < -0.4 is 10.9 Å². The zero-order valence-electron chi connectivity index (χ0n) is 12.9. The van der Waals surface area contributed by atoms with Crippen molar-refractivity contribution < 1.29 is 9.21 Å². The zero-order valence-corrected chi connectivity index (χ0v) is 12.9. The van der Waals surface area contributed by atoms with E-state index in [4.69, 9.17) is 4.42 Å². The topological polar surface area (TPSA) is 88.0 Å². The van der Waals surface area contributed by atoms with Crippen molar-refractivity contribution in [3.05, 3.63) is 64.0 Å². The molecule has 3 rings (SSSR count). The van der Waals surface area contributed by atoms with Gasteiger partial charge in [-0.1, -0.05) is 18.2 Å². The van der Waals surface area contributed by atoms with E-state index in [1.54, 1.807) is 18.2 Å². The van der Waals surface area contributed by atoms with Gasteiger partial charge in [-0.25, -0.2) is 5.10 Å². The quantitative estimate of drug-likeness (QED) is 0.773. The molecule has 0 saturated heterocycles. The maximum Gasteiger partial charge on any atom is 0.272 e. The van der Waals surface area contributed by atoms with E-state index in [9.17, 15) is 9.59 Å². The van der Waals surface area contributed by atoms with Gasteiger partial charge in [0.2, 0.25) is 5.91 Å². The molecule has 23 heavy (non-hydrogen) atoms. The Hall–Kier alpha value is -2.89. The number of hydrogen-bond donors (Lipinski definition) is 2. The second-order valence-electron chi connectivity index (χ2n) is 5.46. The molecule has 0 saturated carbocycles. The summed E-state index contributed by atoms with van der Waals surface area (Å²) in [6, 6.07) is 10.6. The molecular weight excluding hydrogens is 294 g/mol. The third-order valence-electron chi connectivity index (χ3n) is 3.67. The Morgan fingerprint density at radius 3 is 2.70 bits per heavy atom. The monoisotopic (exact) mass is 311 g/mol. The lowest BCUT2D eigenvalue weighted by Crippen LogP contribution is -2.28. The molecule has 1 unspecified atom stereocenters. The highest BCUT2D eigenvalue weighted by molar-refractivity contribution is 5.88. The van der Waals surface area contributed by atoms with Gasteiger partial charge in [-0.15, -0.1) is 0 Å². The highest BCUT2D eigenvalue weighted by atomic mass is 16.3. The largest absolute Gasteiger partial charge is 0.464 e. The van der Waals surface area contributed by atoms with Crippen LogP contribution in [0.2, 0.25) is 0 Å². The fraction of sp³-hybridized carbons (Fsp3) is 0.235. The Balaban J connectivity index is 1.78. The molecule has 0 spiro atoms. The summed E-state index contributed by atoms with van der Waals surface area (Å²) < 4.78 is 5.50. The van der Waals surface area contributed by atoms with Crippen LogP contribution in [0.15, 0.2) is 45.6 Å². The molecule has 1 aromatic carbocycles. The van der Waals surface area contributed by atoms with E-state index in [0.29, 0.717) is 22.2 Å². The van der Waals surface area contributed by atoms with Crippen LogP contribution in [0.4, 0.5) is 0 Å². The number of carbonyl (C=O) groups excluding carboxylic acids is 1. The van der Waals surface area contributed by atoms with Gasteiger partial charge in [0.15, 0.2) is 0 Å². The molecule has 3 aromatic rings. The molecule has 0 aliphatic carbocycles. The number of aromatic amines is 1. The van der Waals surface area contributed by atoms with E-state index in [1.807, 2.05) is 32.0 Å². The van der Waals surface area contributed by atoms with Crippen LogP contribution in [0, 0.1) is 6.92 Å². The number of benzene rings is 1. The van der Waals surface area contributed by atoms with E-state index in [0.717, 1.165) is 5.76 Å². The van der Waals surface area contributed by atoms with Crippen LogP contribution in [0.25, 0.3) is 10.8 Å². The Labute approximate surface area is 132 Å². The Morgan fingerprint density at radius 1 is 1.26 bits per heavy atom. The Kier molecular flexibility index (Phi) is 3.97. The van der Waals surface area contributed by atoms with Gasteiger partial charge >= 0.3 is 0 Å². The third kappa shape index (κ3) is 3.15. The van der Waals surface area contributed by atoms with Crippen LogP contribution in [-0.4, -0.2) is 16.1 Å². The van der Waals surface area contributed by atoms with Crippen LogP contribution in [0.1, 0.15) is 30.2 Å². The summed E-state index contributed by atoms with van der Waals surface area (Å²) in [7, 11) is 0. The minimum absolute atomic E-state index is 0.0846. The van der Waals surface area contributed by atoms with Crippen LogP contribution in [-0.2, 0) is 11.2 Å². The number of fused-ring (bicyclic) bond motifs is 1. The molecule has 6 nitrogen and oxygen atoms in total. The van der Waals surface area contributed by atoms with Crippen molar-refractivity contribution >= 4 is 16.7 Å². The number of carbonyl (C=O) groups is 1. The first-order chi connectivity index (χ1) is 11.0. The van der Waals surface area contributed by atoms with E-state index in [-0.39, 0.29) is 23.9 Å². The number of aryl methyl sites for hydroxylation is 1. The first-order valence-corrected chi connectivity index (χ1v) is 7.36. The minimum Gasteiger partial charge on any atom is -0.464 e. The second-order valence-corrected chi connectivity index (χ2v) is 5.46. The van der Waals surface area contributed by atoms with Crippen molar-refractivity contribution in [2.75, 3.05) is 0 Å². The zero-order chi connectivity index (χ0) is 16.4. The molecule has 2 aromatic heterocycles. The van der Waals surface area contributed by atoms with Crippen LogP contribution in [0.5, 0.6) is 0 Å². The summed E-state index contributed by atoms with van der Waals surface area (Å²) >= 11 is 0. The number of furan rings is 1. The van der Waals surface area contributed by atoms with Crippen molar-refractivity contribution in [2.45, 2.75) is 26.3 Å². The van der Waals surface area contributed by atoms with Crippen LogP contribution in [0.3, 0.4) is 0 Å². The maximum atomic E-state index is 12.2. The highest BCUT2D eigenvalue weighted by Gasteiger charge is 2.15. The molecule has 1 amide bonds. The summed E-state index contributed by atoms with van der Waals surface area (Å²) in [5, 5.41) is 10.5. The van der Waals surface area contributed by atoms with Gasteiger partial charge in [-0.05, 0) is 32.0 Å². The molecule has 0 bridgehead atoms. The third-order valence-corrected chi connectivity index (χ3v) is 3.67. The average molecular weight is 311 g/mol. The maximum absolute atomic E-state index is 12.2. The van der Waals surface area contributed by atoms with Gasteiger partial charge in [0.05, 0.1) is 23.5 Å². The van der Waals surface area contributed by atoms with Crippen molar-refractivity contribution in [1.82, 2.24) is 15.5 Å². The van der Waals surface area contributed by atoms with Gasteiger partial charge in [0.1, 0.15) is 11.5 Å². The summed E-state index contributed by atoms with van der Waals surface area (Å²) in [6.07, 6.45) is 0.0846. The summed E-state index contributed by atoms with van der Waals surface area (Å²) in [6.45, 7) is 3.71. The molecule has 0 fully saturated rings. The van der Waals surface area contributed by atoms with Gasteiger partial charge in [0.25, 0.3) is 5.56 Å². The average Bonchev–Trinajstić information content (AvgIpc) is 2.97. The SMILES string of the molecule is Cc1ccc(C(C)NC(=O)Cc2n[nH]c(=O)c3ccccc23)o1. The van der Waals surface area contributed by atoms with Crippen molar-refractivity contribution in [3.8, 4) is 0 Å². The fourth-order valence-electron chi connectivity index (χ4n) is 2.51. The second kappa shape index (κ2) is 6.08. The fourth-order valence-corrected chi connectivity index (χ4v) is 2.51. The van der Waals surface area contributed by atoms with Crippen molar-refractivity contribution in [1.29, 1.82) is 0 Å². The van der Waals surface area contributed by atoms with Crippen molar-refractivity contribution in [3.63, 3.8) is 0 Å². The predicted molar refractivity (Wildman–Crippen MR) is 86.1 cm³/mol. The van der Waals surface area contributed by atoms with E-state index in [2.05, 4.69) is 15.5 Å². The van der Waals surface area contributed by atoms with Gasteiger partial charge in [0, 0.05) is 5.39 Å². The van der Waals surface area contributed by atoms with E-state index < -0.39 is 0 Å². The molecule has 6 heteroatoms. The number of aromatic nitrogens is 2. The standard InChI is InChI=1S/C17H17N3O3/c1-10-7-8-15(23-10)11(2)18-16(21)9-14-12-5-3-4-6-13(12)17(22)20-19-14/h3-8,11H,9H2,1-2H3,(H,18,21)(H,20,22). The van der Waals surface area contributed by atoms with Gasteiger partial charge < -0.3 is 9.73 Å². The highest BCUT2D eigenvalue weighted by Crippen LogP contribution is 2.16. The molecular formula is C17H17N3O3. The molecule has 1 atom stereocenters. The molecule has 0 aliphatic heterocycles. The van der Waals surface area contributed by atoms with Crippen LogP contribution >= 0.6 is 0 Å². The predicted octanol–water partition coefficient (Wildman–Crippen LogP) is 2.24. The first-order valence-electron chi connectivity index (χ1n) is 7.36. The molecule has 118 valence electrons. The lowest BCUT2D eigenvalue weighted by atomic mass is 10.1. The molecule has 0 aliphatic rings. The number of nitrogens with one attached hydrogen (secondary N) is 2. The van der Waals surface area contributed by atoms with E-state index >= 15 is 0 Å². The summed E-state index contributed by atoms with van der Waals surface area (Å²) in [4.78, 5) is 24.0. The summed E-state index contributed by atoms with van der Waals surface area (Å²) in [5.41, 5.74) is 0.282. The Bertz CT molecular complexity index is 911. The summed E-state index contributed by atoms with van der Waals surface area (Å²) in [5.74, 6) is 1.32. The molecule has 2 N–H and O–H groups in total. The number of H-pyrrole nitrogens is 1. The number of rotatable bonds is 4. The molecule has 0 radical (unpaired) electrons. The van der Waals surface area contributed by atoms with Crippen molar-refractivity contribution in [2.24, 2.45) is 0 Å². The first kappa shape index (κ1) is 15.0. The minimum atomic E-state index is -0.260. The normalized spacial score (nSPS) is 12.3. The number of hydrogen-bond acceptors (Lipinski definition) is 4. The lowest BCUT2D eigenvalue weighted by molar-refractivity contribution is -0.121. The van der Waals surface area contributed by atoms with Gasteiger partial charge in [-0.2, -0.15) is 5.10 Å². The smallest absolute Gasteiger partial charge is 0.272 e. The number of amides is 1. The van der Waals surface area contributed by atoms with Gasteiger partial charge in [-0.3, -0.25) is 9.59 Å². The Morgan fingerprint density at radius 2 is 2.00 bits per heavy atom.